The Morgan fingerprint density at radius 1 is 1.11 bits per heavy atom. The number of carboxylic acids is 1. The quantitative estimate of drug-likeness (QED) is 0.843. The predicted octanol–water partition coefficient (Wildman–Crippen LogP) is 2.71. The smallest absolute Gasteiger partial charge is 0.339 e. The van der Waals surface area contributed by atoms with Crippen molar-refractivity contribution in [3.63, 3.8) is 0 Å². The van der Waals surface area contributed by atoms with Gasteiger partial charge in [0.1, 0.15) is 0 Å². The van der Waals surface area contributed by atoms with Crippen LogP contribution in [0.2, 0.25) is 0 Å². The zero-order valence-electron chi connectivity index (χ0n) is 9.84. The number of carboxylic acid groups (broad SMARTS) is 1. The molecule has 0 saturated carbocycles. The third kappa shape index (κ3) is 2.18. The maximum Gasteiger partial charge on any atom is 0.339 e. The van der Waals surface area contributed by atoms with Crippen LogP contribution >= 0.6 is 0 Å². The summed E-state index contributed by atoms with van der Waals surface area (Å²) in [6, 6.07) is 10.3. The number of hydrogen-bond donors (Lipinski definition) is 1. The summed E-state index contributed by atoms with van der Waals surface area (Å²) < 4.78 is 4.87. The highest BCUT2D eigenvalue weighted by Gasteiger charge is 2.18. The molecule has 0 unspecified atom stereocenters. The molecule has 18 heavy (non-hydrogen) atoms. The van der Waals surface area contributed by atoms with Gasteiger partial charge in [-0.1, -0.05) is 24.3 Å². The van der Waals surface area contributed by atoms with Gasteiger partial charge in [-0.25, -0.2) is 9.59 Å². The summed E-state index contributed by atoms with van der Waals surface area (Å²) in [6.45, 7) is 1.89. The average Bonchev–Trinajstić information content (AvgIpc) is 2.37. The van der Waals surface area contributed by atoms with Crippen molar-refractivity contribution in [1.29, 1.82) is 0 Å². The minimum atomic E-state index is -1.14. The van der Waals surface area contributed by atoms with Gasteiger partial charge in [-0.15, -0.1) is 0 Å². The summed E-state index contributed by atoms with van der Waals surface area (Å²) >= 11 is 0. The molecule has 0 spiro atoms. The Morgan fingerprint density at radius 3 is 2.17 bits per heavy atom. The van der Waals surface area contributed by atoms with Crippen LogP contribution in [0.15, 0.2) is 36.4 Å². The van der Waals surface area contributed by atoms with Crippen molar-refractivity contribution in [3.05, 3.63) is 47.5 Å². The Morgan fingerprint density at radius 2 is 1.67 bits per heavy atom. The second-order valence-corrected chi connectivity index (χ2v) is 3.77. The molecule has 0 atom stereocenters. The molecule has 0 bridgehead atoms. The lowest BCUT2D eigenvalue weighted by Crippen LogP contribution is -2.11. The highest BCUT2D eigenvalue weighted by Crippen LogP contribution is 2.21. The molecule has 0 heterocycles. The summed E-state index contributed by atoms with van der Waals surface area (Å²) in [5.41, 5.74) is 0.0511. The lowest BCUT2D eigenvalue weighted by molar-refractivity contribution is 0.0515. The number of carbonyl (C=O) groups excluding carboxylic acids is 1. The highest BCUT2D eigenvalue weighted by molar-refractivity contribution is 6.06. The molecule has 2 rings (SSSR count). The Kier molecular flexibility index (Phi) is 3.28. The van der Waals surface area contributed by atoms with Gasteiger partial charge in [0.2, 0.25) is 0 Å². The second kappa shape index (κ2) is 4.87. The first-order valence-corrected chi connectivity index (χ1v) is 5.56. The summed E-state index contributed by atoms with van der Waals surface area (Å²) in [6.07, 6.45) is 0. The molecule has 0 aliphatic rings. The predicted molar refractivity (Wildman–Crippen MR) is 66.9 cm³/mol. The number of aromatic carboxylic acids is 1. The Balaban J connectivity index is 2.65. The van der Waals surface area contributed by atoms with E-state index in [0.717, 1.165) is 10.8 Å². The average molecular weight is 244 g/mol. The SMILES string of the molecule is CCOC(=O)c1cc2ccccc2cc1C(=O)O. The molecule has 92 valence electrons. The van der Waals surface area contributed by atoms with Gasteiger partial charge < -0.3 is 9.84 Å². The van der Waals surface area contributed by atoms with Crippen LogP contribution < -0.4 is 0 Å². The number of rotatable bonds is 3. The minimum Gasteiger partial charge on any atom is -0.478 e. The molecule has 0 aliphatic carbocycles. The van der Waals surface area contributed by atoms with E-state index in [2.05, 4.69) is 0 Å². The standard InChI is InChI=1S/C14H12O4/c1-2-18-14(17)12-8-10-6-4-3-5-9(10)7-11(12)13(15)16/h3-8H,2H2,1H3,(H,15,16). The van der Waals surface area contributed by atoms with E-state index < -0.39 is 11.9 Å². The van der Waals surface area contributed by atoms with Crippen LogP contribution in [0.5, 0.6) is 0 Å². The number of carbonyl (C=O) groups is 2. The first-order valence-electron chi connectivity index (χ1n) is 5.56. The molecule has 0 fully saturated rings. The lowest BCUT2D eigenvalue weighted by Gasteiger charge is -2.07. The molecule has 0 aliphatic heterocycles. The van der Waals surface area contributed by atoms with Crippen LogP contribution in [-0.4, -0.2) is 23.7 Å². The van der Waals surface area contributed by atoms with Gasteiger partial charge in [0.25, 0.3) is 0 Å². The third-order valence-electron chi connectivity index (χ3n) is 2.61. The van der Waals surface area contributed by atoms with Crippen molar-refractivity contribution < 1.29 is 19.4 Å². The van der Waals surface area contributed by atoms with E-state index in [0.29, 0.717) is 0 Å². The Hall–Kier alpha value is -2.36. The van der Waals surface area contributed by atoms with Crippen LogP contribution in [0, 0.1) is 0 Å². The zero-order valence-corrected chi connectivity index (χ0v) is 9.84. The maximum absolute atomic E-state index is 11.7. The molecule has 0 saturated heterocycles. The molecular formula is C14H12O4. The summed E-state index contributed by atoms with van der Waals surface area (Å²) in [4.78, 5) is 22.9. The van der Waals surface area contributed by atoms with Gasteiger partial charge in [-0.3, -0.25) is 0 Å². The fourth-order valence-corrected chi connectivity index (χ4v) is 1.79. The number of benzene rings is 2. The van der Waals surface area contributed by atoms with Gasteiger partial charge in [0.05, 0.1) is 17.7 Å². The van der Waals surface area contributed by atoms with Gasteiger partial charge in [0, 0.05) is 0 Å². The van der Waals surface area contributed by atoms with Crippen LogP contribution in [0.4, 0.5) is 0 Å². The van der Waals surface area contributed by atoms with E-state index in [1.807, 2.05) is 18.2 Å². The highest BCUT2D eigenvalue weighted by atomic mass is 16.5. The third-order valence-corrected chi connectivity index (χ3v) is 2.61. The van der Waals surface area contributed by atoms with Crippen LogP contribution in [0.1, 0.15) is 27.6 Å². The fraction of sp³-hybridized carbons (Fsp3) is 0.143. The normalized spacial score (nSPS) is 10.3. The molecule has 2 aromatic rings. The molecule has 2 aromatic carbocycles. The van der Waals surface area contributed by atoms with E-state index in [4.69, 9.17) is 9.84 Å². The van der Waals surface area contributed by atoms with Crippen molar-refractivity contribution in [1.82, 2.24) is 0 Å². The minimum absolute atomic E-state index is 0.0350. The summed E-state index contributed by atoms with van der Waals surface area (Å²) in [5, 5.41) is 10.7. The molecule has 1 N–H and O–H groups in total. The van der Waals surface area contributed by atoms with Crippen LogP contribution in [0.3, 0.4) is 0 Å². The topological polar surface area (TPSA) is 63.6 Å². The second-order valence-electron chi connectivity index (χ2n) is 3.77. The van der Waals surface area contributed by atoms with Crippen LogP contribution in [0.25, 0.3) is 10.8 Å². The number of esters is 1. The first-order chi connectivity index (χ1) is 8.63. The molecule has 0 aromatic heterocycles. The molecule has 4 nitrogen and oxygen atoms in total. The van der Waals surface area contributed by atoms with Crippen LogP contribution in [-0.2, 0) is 4.74 Å². The molecular weight excluding hydrogens is 232 g/mol. The Bertz CT molecular complexity index is 616. The van der Waals surface area contributed by atoms with Crippen molar-refractivity contribution >= 4 is 22.7 Å². The van der Waals surface area contributed by atoms with Gasteiger partial charge in [-0.2, -0.15) is 0 Å². The van der Waals surface area contributed by atoms with E-state index in [9.17, 15) is 9.59 Å². The van der Waals surface area contributed by atoms with E-state index >= 15 is 0 Å². The number of ether oxygens (including phenoxy) is 1. The maximum atomic E-state index is 11.7. The number of hydrogen-bond acceptors (Lipinski definition) is 3. The van der Waals surface area contributed by atoms with E-state index in [1.165, 1.54) is 6.07 Å². The first kappa shape index (κ1) is 12.1. The summed E-state index contributed by atoms with van der Waals surface area (Å²) in [7, 11) is 0. The van der Waals surface area contributed by atoms with E-state index in [-0.39, 0.29) is 17.7 Å². The molecule has 0 radical (unpaired) electrons. The van der Waals surface area contributed by atoms with E-state index in [1.54, 1.807) is 19.1 Å². The zero-order chi connectivity index (χ0) is 13.1. The Labute approximate surface area is 104 Å². The monoisotopic (exact) mass is 244 g/mol. The van der Waals surface area contributed by atoms with Gasteiger partial charge in [0.15, 0.2) is 0 Å². The van der Waals surface area contributed by atoms with Crippen molar-refractivity contribution in [2.75, 3.05) is 6.61 Å². The molecule has 0 amide bonds. The van der Waals surface area contributed by atoms with Gasteiger partial charge in [-0.05, 0) is 29.8 Å². The fourth-order valence-electron chi connectivity index (χ4n) is 1.79. The number of fused-ring (bicyclic) bond motifs is 1. The molecule has 4 heteroatoms. The van der Waals surface area contributed by atoms with Crippen molar-refractivity contribution in [2.24, 2.45) is 0 Å². The van der Waals surface area contributed by atoms with Crippen molar-refractivity contribution in [3.8, 4) is 0 Å². The lowest BCUT2D eigenvalue weighted by atomic mass is 10.0. The van der Waals surface area contributed by atoms with Crippen molar-refractivity contribution in [2.45, 2.75) is 6.92 Å². The van der Waals surface area contributed by atoms with Gasteiger partial charge >= 0.3 is 11.9 Å². The largest absolute Gasteiger partial charge is 0.478 e. The summed E-state index contributed by atoms with van der Waals surface area (Å²) in [5.74, 6) is -1.75.